The van der Waals surface area contributed by atoms with Crippen LogP contribution in [0.2, 0.25) is 0 Å². The lowest BCUT2D eigenvalue weighted by Crippen LogP contribution is -2.62. The lowest BCUT2D eigenvalue weighted by Gasteiger charge is -2.45. The van der Waals surface area contributed by atoms with Gasteiger partial charge in [0.05, 0.1) is 6.61 Å². The first-order chi connectivity index (χ1) is 9.70. The van der Waals surface area contributed by atoms with Gasteiger partial charge in [0.15, 0.2) is 12.6 Å². The summed E-state index contributed by atoms with van der Waals surface area (Å²) in [6.45, 7) is 0.272. The number of methoxy groups -OCH3 is 1. The van der Waals surface area contributed by atoms with Gasteiger partial charge in [0.2, 0.25) is 0 Å². The van der Waals surface area contributed by atoms with E-state index in [4.69, 9.17) is 18.9 Å². The maximum absolute atomic E-state index is 10.1. The number of hydrogen-bond donors (Lipinski definition) is 2. The summed E-state index contributed by atoms with van der Waals surface area (Å²) >= 11 is 0. The van der Waals surface area contributed by atoms with Crippen LogP contribution in [-0.4, -0.2) is 54.6 Å². The molecule has 2 aliphatic heterocycles. The molecule has 0 bridgehead atoms. The number of benzene rings is 1. The third-order valence-electron chi connectivity index (χ3n) is 3.64. The summed E-state index contributed by atoms with van der Waals surface area (Å²) in [6, 6.07) is 9.45. The van der Waals surface area contributed by atoms with Gasteiger partial charge in [0.1, 0.15) is 24.4 Å². The van der Waals surface area contributed by atoms with Crippen molar-refractivity contribution in [1.29, 1.82) is 0 Å². The van der Waals surface area contributed by atoms with Crippen molar-refractivity contribution in [2.45, 2.75) is 37.0 Å². The van der Waals surface area contributed by atoms with Crippen LogP contribution in [0.3, 0.4) is 0 Å². The number of fused-ring (bicyclic) bond motifs is 1. The fraction of sp³-hybridized carbons (Fsp3) is 0.571. The Hall–Kier alpha value is -1.02. The first-order valence-corrected chi connectivity index (χ1v) is 6.57. The molecule has 6 heteroatoms. The second-order valence-electron chi connectivity index (χ2n) is 4.94. The average molecular weight is 282 g/mol. The molecule has 1 aromatic rings. The Bertz CT molecular complexity index is 437. The summed E-state index contributed by atoms with van der Waals surface area (Å²) in [5.74, 6) is 0. The van der Waals surface area contributed by atoms with Crippen LogP contribution >= 0.6 is 0 Å². The molecule has 2 saturated heterocycles. The summed E-state index contributed by atoms with van der Waals surface area (Å²) < 4.78 is 21.9. The summed E-state index contributed by atoms with van der Waals surface area (Å²) in [6.07, 6.45) is -4.76. The van der Waals surface area contributed by atoms with E-state index in [2.05, 4.69) is 0 Å². The van der Waals surface area contributed by atoms with Gasteiger partial charge in [-0.2, -0.15) is 0 Å². The van der Waals surface area contributed by atoms with Crippen LogP contribution in [0.1, 0.15) is 11.9 Å². The van der Waals surface area contributed by atoms with Gasteiger partial charge in [0, 0.05) is 12.7 Å². The highest BCUT2D eigenvalue weighted by Crippen LogP contribution is 2.33. The lowest BCUT2D eigenvalue weighted by atomic mass is 9.98. The largest absolute Gasteiger partial charge is 0.387 e. The molecule has 2 heterocycles. The molecule has 110 valence electrons. The second kappa shape index (κ2) is 5.77. The SMILES string of the molecule is COC1OC2COC(c3ccccc3)OC2[C@H](O)[C@H]1O. The topological polar surface area (TPSA) is 77.4 Å². The highest BCUT2D eigenvalue weighted by molar-refractivity contribution is 5.16. The zero-order chi connectivity index (χ0) is 14.1. The van der Waals surface area contributed by atoms with Crippen LogP contribution in [0, 0.1) is 0 Å². The van der Waals surface area contributed by atoms with E-state index in [1.807, 2.05) is 30.3 Å². The highest BCUT2D eigenvalue weighted by atomic mass is 16.7. The van der Waals surface area contributed by atoms with Crippen molar-refractivity contribution in [1.82, 2.24) is 0 Å². The van der Waals surface area contributed by atoms with Gasteiger partial charge in [-0.05, 0) is 0 Å². The standard InChI is InChI=1S/C14H18O6/c1-17-14-11(16)10(15)12-9(19-14)7-18-13(20-12)8-5-3-2-4-6-8/h2-6,9-16H,7H2,1H3/t9?,10-,11-,12?,13?,14?/m1/s1. The Morgan fingerprint density at radius 1 is 1.10 bits per heavy atom. The van der Waals surface area contributed by atoms with Crippen LogP contribution in [0.25, 0.3) is 0 Å². The fourth-order valence-electron chi connectivity index (χ4n) is 2.55. The van der Waals surface area contributed by atoms with E-state index in [1.165, 1.54) is 7.11 Å². The number of rotatable bonds is 2. The van der Waals surface area contributed by atoms with E-state index in [9.17, 15) is 10.2 Å². The molecular weight excluding hydrogens is 264 g/mol. The first kappa shape index (κ1) is 13.9. The summed E-state index contributed by atoms with van der Waals surface area (Å²) in [7, 11) is 1.41. The molecule has 0 amide bonds. The fourth-order valence-corrected chi connectivity index (χ4v) is 2.55. The maximum Gasteiger partial charge on any atom is 0.186 e. The molecule has 0 radical (unpaired) electrons. The van der Waals surface area contributed by atoms with Crippen LogP contribution < -0.4 is 0 Å². The van der Waals surface area contributed by atoms with Gasteiger partial charge in [-0.25, -0.2) is 0 Å². The van der Waals surface area contributed by atoms with Crippen molar-refractivity contribution in [3.63, 3.8) is 0 Å². The highest BCUT2D eigenvalue weighted by Gasteiger charge is 2.48. The molecule has 2 aliphatic rings. The number of aliphatic hydroxyl groups is 2. The predicted molar refractivity (Wildman–Crippen MR) is 67.7 cm³/mol. The quantitative estimate of drug-likeness (QED) is 0.806. The van der Waals surface area contributed by atoms with Crippen LogP contribution in [-0.2, 0) is 18.9 Å². The van der Waals surface area contributed by atoms with E-state index in [1.54, 1.807) is 0 Å². The minimum absolute atomic E-state index is 0.272. The van der Waals surface area contributed by atoms with E-state index < -0.39 is 37.0 Å². The molecule has 0 saturated carbocycles. The monoisotopic (exact) mass is 282 g/mol. The maximum atomic E-state index is 10.1. The van der Waals surface area contributed by atoms with E-state index in [0.29, 0.717) is 0 Å². The molecule has 0 aromatic heterocycles. The molecule has 4 unspecified atom stereocenters. The molecule has 1 aromatic carbocycles. The normalized spacial score (nSPS) is 41.1. The van der Waals surface area contributed by atoms with Gasteiger partial charge in [-0.15, -0.1) is 0 Å². The second-order valence-corrected chi connectivity index (χ2v) is 4.94. The lowest BCUT2D eigenvalue weighted by molar-refractivity contribution is -0.358. The zero-order valence-corrected chi connectivity index (χ0v) is 11.1. The van der Waals surface area contributed by atoms with E-state index in [-0.39, 0.29) is 6.61 Å². The molecular formula is C14H18O6. The summed E-state index contributed by atoms with van der Waals surface area (Å²) in [4.78, 5) is 0. The first-order valence-electron chi connectivity index (χ1n) is 6.57. The molecule has 0 spiro atoms. The van der Waals surface area contributed by atoms with Crippen molar-refractivity contribution in [3.8, 4) is 0 Å². The Morgan fingerprint density at radius 2 is 1.85 bits per heavy atom. The van der Waals surface area contributed by atoms with Gasteiger partial charge in [-0.3, -0.25) is 0 Å². The number of aliphatic hydroxyl groups excluding tert-OH is 2. The number of ether oxygens (including phenoxy) is 4. The van der Waals surface area contributed by atoms with Crippen molar-refractivity contribution in [2.24, 2.45) is 0 Å². The Balaban J connectivity index is 1.74. The molecule has 2 fully saturated rings. The zero-order valence-electron chi connectivity index (χ0n) is 11.1. The summed E-state index contributed by atoms with van der Waals surface area (Å²) in [5.41, 5.74) is 0.863. The molecule has 0 aliphatic carbocycles. The summed E-state index contributed by atoms with van der Waals surface area (Å²) in [5, 5.41) is 20.1. The molecule has 6 nitrogen and oxygen atoms in total. The van der Waals surface area contributed by atoms with Gasteiger partial charge >= 0.3 is 0 Å². The van der Waals surface area contributed by atoms with Crippen LogP contribution in [0.5, 0.6) is 0 Å². The van der Waals surface area contributed by atoms with Crippen LogP contribution in [0.4, 0.5) is 0 Å². The Morgan fingerprint density at radius 3 is 2.55 bits per heavy atom. The molecule has 2 N–H and O–H groups in total. The minimum atomic E-state index is -1.14. The van der Waals surface area contributed by atoms with E-state index in [0.717, 1.165) is 5.56 Å². The van der Waals surface area contributed by atoms with Crippen molar-refractivity contribution in [3.05, 3.63) is 35.9 Å². The van der Waals surface area contributed by atoms with Gasteiger partial charge in [-0.1, -0.05) is 30.3 Å². The van der Waals surface area contributed by atoms with Crippen molar-refractivity contribution < 1.29 is 29.2 Å². The van der Waals surface area contributed by atoms with E-state index >= 15 is 0 Å². The Labute approximate surface area is 116 Å². The minimum Gasteiger partial charge on any atom is -0.387 e. The van der Waals surface area contributed by atoms with Crippen LogP contribution in [0.15, 0.2) is 30.3 Å². The van der Waals surface area contributed by atoms with Gasteiger partial charge in [0.25, 0.3) is 0 Å². The third-order valence-corrected chi connectivity index (χ3v) is 3.64. The molecule has 3 rings (SSSR count). The molecule has 20 heavy (non-hydrogen) atoms. The van der Waals surface area contributed by atoms with Gasteiger partial charge < -0.3 is 29.2 Å². The van der Waals surface area contributed by atoms with Crippen molar-refractivity contribution in [2.75, 3.05) is 13.7 Å². The van der Waals surface area contributed by atoms with Crippen molar-refractivity contribution >= 4 is 0 Å². The Kier molecular flexibility index (Phi) is 4.02. The predicted octanol–water partition coefficient (Wildman–Crippen LogP) is 0.194. The molecule has 6 atom stereocenters. The number of hydrogen-bond acceptors (Lipinski definition) is 6. The smallest absolute Gasteiger partial charge is 0.186 e. The third kappa shape index (κ3) is 2.46. The average Bonchev–Trinajstić information content (AvgIpc) is 2.51.